The van der Waals surface area contributed by atoms with Crippen molar-refractivity contribution in [2.24, 2.45) is 17.3 Å². The summed E-state index contributed by atoms with van der Waals surface area (Å²) < 4.78 is 0. The van der Waals surface area contributed by atoms with Crippen molar-refractivity contribution in [2.45, 2.75) is 39.5 Å². The maximum absolute atomic E-state index is 11.4. The first-order valence-electron chi connectivity index (χ1n) is 5.34. The predicted octanol–water partition coefficient (Wildman–Crippen LogP) is 2.96. The Morgan fingerprint density at radius 1 is 1.31 bits per heavy atom. The van der Waals surface area contributed by atoms with Crippen LogP contribution in [0.25, 0.3) is 0 Å². The molecule has 2 aliphatic rings. The summed E-state index contributed by atoms with van der Waals surface area (Å²) in [6, 6.07) is 0. The zero-order chi connectivity index (χ0) is 9.47. The summed E-state index contributed by atoms with van der Waals surface area (Å²) >= 11 is 0. The zero-order valence-electron chi connectivity index (χ0n) is 8.55. The Kier molecular flexibility index (Phi) is 2.05. The van der Waals surface area contributed by atoms with Crippen LogP contribution in [0.3, 0.4) is 0 Å². The number of carbonyl (C=O) groups excluding carboxylic acids is 1. The first-order valence-corrected chi connectivity index (χ1v) is 5.34. The largest absolute Gasteiger partial charge is 0.295 e. The second-order valence-electron chi connectivity index (χ2n) is 4.86. The average Bonchev–Trinajstić information content (AvgIpc) is 2.34. The summed E-state index contributed by atoms with van der Waals surface area (Å²) in [5.41, 5.74) is 0.325. The van der Waals surface area contributed by atoms with E-state index in [2.05, 4.69) is 19.9 Å². The van der Waals surface area contributed by atoms with Gasteiger partial charge in [0.2, 0.25) is 0 Å². The Bertz CT molecular complexity index is 242. The van der Waals surface area contributed by atoms with Crippen LogP contribution in [0.5, 0.6) is 0 Å². The number of carbonyl (C=O) groups is 1. The predicted molar refractivity (Wildman–Crippen MR) is 53.4 cm³/mol. The Balaban J connectivity index is 2.28. The molecule has 0 aromatic heterocycles. The minimum absolute atomic E-state index is 0.325. The van der Waals surface area contributed by atoms with E-state index in [1.54, 1.807) is 6.08 Å². The van der Waals surface area contributed by atoms with Crippen LogP contribution in [-0.2, 0) is 4.79 Å². The summed E-state index contributed by atoms with van der Waals surface area (Å²) in [7, 11) is 0. The molecule has 1 fully saturated rings. The lowest BCUT2D eigenvalue weighted by molar-refractivity contribution is -0.118. The van der Waals surface area contributed by atoms with Crippen LogP contribution in [0.1, 0.15) is 39.5 Å². The molecule has 0 aromatic carbocycles. The van der Waals surface area contributed by atoms with Gasteiger partial charge in [-0.2, -0.15) is 0 Å². The van der Waals surface area contributed by atoms with Crippen molar-refractivity contribution >= 4 is 5.78 Å². The number of allylic oxidation sites excluding steroid dienone is 2. The summed E-state index contributed by atoms with van der Waals surface area (Å²) in [4.78, 5) is 11.4. The van der Waals surface area contributed by atoms with E-state index in [0.717, 1.165) is 24.7 Å². The Morgan fingerprint density at radius 3 is 2.46 bits per heavy atom. The van der Waals surface area contributed by atoms with Crippen LogP contribution in [0.4, 0.5) is 0 Å². The molecule has 0 bridgehead atoms. The molecule has 2 atom stereocenters. The lowest BCUT2D eigenvalue weighted by Gasteiger charge is -2.38. The van der Waals surface area contributed by atoms with Gasteiger partial charge in [-0.3, -0.25) is 4.79 Å². The smallest absolute Gasteiger partial charge is 0.155 e. The standard InChI is InChI=1S/C12H18O/c1-9-5-6-10(2)12(9)7-3-4-11(13)8-12/h3-4,9-10H,5-8H2,1-2H3/t9-,10-/m0/s1. The van der Waals surface area contributed by atoms with Gasteiger partial charge < -0.3 is 0 Å². The molecule has 0 aliphatic heterocycles. The van der Waals surface area contributed by atoms with Crippen LogP contribution in [0.2, 0.25) is 0 Å². The average molecular weight is 178 g/mol. The van der Waals surface area contributed by atoms with Crippen molar-refractivity contribution in [1.82, 2.24) is 0 Å². The molecule has 72 valence electrons. The first-order chi connectivity index (χ1) is 6.15. The number of ketones is 1. The van der Waals surface area contributed by atoms with E-state index in [9.17, 15) is 4.79 Å². The molecule has 0 radical (unpaired) electrons. The normalized spacial score (nSPS) is 37.2. The Labute approximate surface area is 80.2 Å². The molecule has 0 N–H and O–H groups in total. The Morgan fingerprint density at radius 2 is 1.92 bits per heavy atom. The Hall–Kier alpha value is -0.590. The molecule has 2 rings (SSSR count). The maximum atomic E-state index is 11.4. The first kappa shape index (κ1) is 8.98. The lowest BCUT2D eigenvalue weighted by Crippen LogP contribution is -2.33. The van der Waals surface area contributed by atoms with Crippen molar-refractivity contribution in [1.29, 1.82) is 0 Å². The van der Waals surface area contributed by atoms with Crippen LogP contribution < -0.4 is 0 Å². The molecular formula is C12H18O. The minimum atomic E-state index is 0.325. The van der Waals surface area contributed by atoms with Gasteiger partial charge in [-0.1, -0.05) is 19.9 Å². The minimum Gasteiger partial charge on any atom is -0.295 e. The molecule has 0 saturated heterocycles. The van der Waals surface area contributed by atoms with Gasteiger partial charge in [0.05, 0.1) is 0 Å². The molecule has 0 heterocycles. The number of hydrogen-bond acceptors (Lipinski definition) is 1. The number of rotatable bonds is 0. The maximum Gasteiger partial charge on any atom is 0.155 e. The van der Waals surface area contributed by atoms with Gasteiger partial charge in [0.1, 0.15) is 0 Å². The summed E-state index contributed by atoms with van der Waals surface area (Å²) in [6.45, 7) is 4.63. The van der Waals surface area contributed by atoms with Crippen molar-refractivity contribution in [3.05, 3.63) is 12.2 Å². The highest BCUT2D eigenvalue weighted by molar-refractivity contribution is 5.91. The zero-order valence-corrected chi connectivity index (χ0v) is 8.55. The lowest BCUT2D eigenvalue weighted by atomic mass is 9.66. The van der Waals surface area contributed by atoms with E-state index < -0.39 is 0 Å². The highest BCUT2D eigenvalue weighted by Gasteiger charge is 2.46. The van der Waals surface area contributed by atoms with E-state index in [4.69, 9.17) is 0 Å². The fourth-order valence-corrected chi connectivity index (χ4v) is 3.18. The van der Waals surface area contributed by atoms with Gasteiger partial charge in [-0.25, -0.2) is 0 Å². The topological polar surface area (TPSA) is 17.1 Å². The summed E-state index contributed by atoms with van der Waals surface area (Å²) in [5.74, 6) is 1.81. The highest BCUT2D eigenvalue weighted by atomic mass is 16.1. The number of hydrogen-bond donors (Lipinski definition) is 0. The second kappa shape index (κ2) is 2.97. The molecule has 0 unspecified atom stereocenters. The molecule has 1 spiro atoms. The highest BCUT2D eigenvalue weighted by Crippen LogP contribution is 2.53. The van der Waals surface area contributed by atoms with E-state index in [0.29, 0.717) is 11.2 Å². The van der Waals surface area contributed by atoms with E-state index in [1.165, 1.54) is 12.8 Å². The molecule has 1 saturated carbocycles. The van der Waals surface area contributed by atoms with Crippen molar-refractivity contribution in [2.75, 3.05) is 0 Å². The van der Waals surface area contributed by atoms with E-state index in [1.807, 2.05) is 0 Å². The molecule has 1 heteroatoms. The fraction of sp³-hybridized carbons (Fsp3) is 0.750. The molecule has 13 heavy (non-hydrogen) atoms. The van der Waals surface area contributed by atoms with Gasteiger partial charge >= 0.3 is 0 Å². The van der Waals surface area contributed by atoms with Crippen LogP contribution in [0.15, 0.2) is 12.2 Å². The summed E-state index contributed by atoms with van der Waals surface area (Å²) in [5, 5.41) is 0. The quantitative estimate of drug-likeness (QED) is 0.557. The van der Waals surface area contributed by atoms with E-state index in [-0.39, 0.29) is 0 Å². The van der Waals surface area contributed by atoms with E-state index >= 15 is 0 Å². The molecule has 0 aromatic rings. The van der Waals surface area contributed by atoms with Gasteiger partial charge in [0.15, 0.2) is 5.78 Å². The summed E-state index contributed by atoms with van der Waals surface area (Å²) in [6.07, 6.45) is 8.39. The molecule has 1 nitrogen and oxygen atoms in total. The second-order valence-corrected chi connectivity index (χ2v) is 4.86. The van der Waals surface area contributed by atoms with Crippen LogP contribution in [-0.4, -0.2) is 5.78 Å². The fourth-order valence-electron chi connectivity index (χ4n) is 3.18. The third-order valence-corrected chi connectivity index (χ3v) is 4.30. The molecular weight excluding hydrogens is 160 g/mol. The SMILES string of the molecule is C[C@H]1CC[C@H](C)C12CC=CC(=O)C2. The molecule has 2 aliphatic carbocycles. The third kappa shape index (κ3) is 1.25. The third-order valence-electron chi connectivity index (χ3n) is 4.30. The van der Waals surface area contributed by atoms with Crippen molar-refractivity contribution in [3.8, 4) is 0 Å². The van der Waals surface area contributed by atoms with Crippen molar-refractivity contribution < 1.29 is 4.79 Å². The van der Waals surface area contributed by atoms with Gasteiger partial charge in [-0.05, 0) is 42.6 Å². The molecule has 0 amide bonds. The monoisotopic (exact) mass is 178 g/mol. The van der Waals surface area contributed by atoms with Crippen molar-refractivity contribution in [3.63, 3.8) is 0 Å². The van der Waals surface area contributed by atoms with Gasteiger partial charge in [0, 0.05) is 6.42 Å². The van der Waals surface area contributed by atoms with Gasteiger partial charge in [-0.15, -0.1) is 0 Å². The van der Waals surface area contributed by atoms with Crippen LogP contribution in [0, 0.1) is 17.3 Å². The van der Waals surface area contributed by atoms with Crippen LogP contribution >= 0.6 is 0 Å². The van der Waals surface area contributed by atoms with Gasteiger partial charge in [0.25, 0.3) is 0 Å².